The van der Waals surface area contributed by atoms with E-state index < -0.39 is 0 Å². The van der Waals surface area contributed by atoms with Gasteiger partial charge in [-0.15, -0.1) is 0 Å². The van der Waals surface area contributed by atoms with Crippen molar-refractivity contribution >= 4 is 17.5 Å². The van der Waals surface area contributed by atoms with Crippen LogP contribution in [0.3, 0.4) is 0 Å². The van der Waals surface area contributed by atoms with E-state index in [0.717, 1.165) is 19.5 Å². The van der Waals surface area contributed by atoms with Crippen molar-refractivity contribution in [3.8, 4) is 0 Å². The van der Waals surface area contributed by atoms with E-state index in [2.05, 4.69) is 10.6 Å². The first-order valence-corrected chi connectivity index (χ1v) is 5.33. The zero-order valence-electron chi connectivity index (χ0n) is 8.24. The topological polar surface area (TPSA) is 43.2 Å². The van der Waals surface area contributed by atoms with Crippen LogP contribution in [-0.4, -0.2) is 25.0 Å². The van der Waals surface area contributed by atoms with Crippen molar-refractivity contribution in [1.82, 2.24) is 10.6 Å². The first kappa shape index (κ1) is 10.5. The second kappa shape index (κ2) is 4.64. The Kier molecular flexibility index (Phi) is 3.23. The molecule has 3 nitrogen and oxygen atoms in total. The zero-order chi connectivity index (χ0) is 10.7. The van der Waals surface area contributed by atoms with Crippen molar-refractivity contribution in [1.29, 1.82) is 0 Å². The van der Waals surface area contributed by atoms with Gasteiger partial charge >= 0.3 is 0 Å². The number of nitrogens with zero attached hydrogens (tertiary/aromatic N) is 1. The fourth-order valence-corrected chi connectivity index (χ4v) is 1.70. The molecule has 1 aromatic rings. The van der Waals surface area contributed by atoms with Crippen molar-refractivity contribution < 1.29 is 4.79 Å². The molecule has 1 amide bonds. The quantitative estimate of drug-likeness (QED) is 0.810. The van der Waals surface area contributed by atoms with Gasteiger partial charge in [0.1, 0.15) is 0 Å². The molecule has 1 N–H and O–H groups in total. The summed E-state index contributed by atoms with van der Waals surface area (Å²) in [5.74, 6) is -0.0474. The molecule has 2 rings (SSSR count). The highest BCUT2D eigenvalue weighted by atomic mass is 35.5. The fourth-order valence-electron chi connectivity index (χ4n) is 1.57. The van der Waals surface area contributed by atoms with E-state index in [-0.39, 0.29) is 11.9 Å². The molecule has 15 heavy (non-hydrogen) atoms. The van der Waals surface area contributed by atoms with Gasteiger partial charge in [-0.05, 0) is 30.7 Å². The zero-order valence-corrected chi connectivity index (χ0v) is 9.00. The summed E-state index contributed by atoms with van der Waals surface area (Å²) in [4.78, 5) is 11.7. The predicted octanol–water partition coefficient (Wildman–Crippen LogP) is 1.45. The van der Waals surface area contributed by atoms with Gasteiger partial charge in [0.15, 0.2) is 0 Å². The molecule has 0 spiro atoms. The highest BCUT2D eigenvalue weighted by molar-refractivity contribution is 6.30. The third kappa shape index (κ3) is 2.70. The van der Waals surface area contributed by atoms with E-state index in [0.29, 0.717) is 10.6 Å². The summed E-state index contributed by atoms with van der Waals surface area (Å²) in [7, 11) is 0. The van der Waals surface area contributed by atoms with Crippen molar-refractivity contribution in [3.63, 3.8) is 0 Å². The maximum Gasteiger partial charge on any atom is 0.251 e. The average Bonchev–Trinajstić information content (AvgIpc) is 2.71. The molecule has 1 aromatic carbocycles. The minimum Gasteiger partial charge on any atom is -0.348 e. The summed E-state index contributed by atoms with van der Waals surface area (Å²) in [5.41, 5.74) is 0.645. The van der Waals surface area contributed by atoms with Crippen LogP contribution in [0.2, 0.25) is 5.02 Å². The van der Waals surface area contributed by atoms with Gasteiger partial charge in [0, 0.05) is 29.7 Å². The molecule has 0 saturated carbocycles. The number of benzene rings is 1. The number of hydrogen-bond acceptors (Lipinski definition) is 1. The number of rotatable bonds is 2. The van der Waals surface area contributed by atoms with Crippen LogP contribution in [0.4, 0.5) is 0 Å². The Morgan fingerprint density at radius 1 is 1.40 bits per heavy atom. The second-order valence-corrected chi connectivity index (χ2v) is 4.03. The van der Waals surface area contributed by atoms with Crippen molar-refractivity contribution in [2.45, 2.75) is 12.5 Å². The SMILES string of the molecule is O=C(NC1CC[N]C1)c1ccc(Cl)cc1. The molecular formula is C11H12ClN2O. The van der Waals surface area contributed by atoms with E-state index in [9.17, 15) is 4.79 Å². The monoisotopic (exact) mass is 223 g/mol. The molecule has 1 unspecified atom stereocenters. The van der Waals surface area contributed by atoms with Crippen LogP contribution in [0.15, 0.2) is 24.3 Å². The Morgan fingerprint density at radius 3 is 2.73 bits per heavy atom. The standard InChI is InChI=1S/C11H12ClN2O/c12-9-3-1-8(2-4-9)11(15)14-10-5-6-13-7-10/h1-4,10H,5-7H2,(H,14,15). The normalized spacial score (nSPS) is 20.2. The van der Waals surface area contributed by atoms with Crippen LogP contribution in [0.25, 0.3) is 0 Å². The predicted molar refractivity (Wildman–Crippen MR) is 59.2 cm³/mol. The summed E-state index contributed by atoms with van der Waals surface area (Å²) in [6, 6.07) is 7.09. The number of carbonyl (C=O) groups is 1. The van der Waals surface area contributed by atoms with Crippen LogP contribution in [-0.2, 0) is 0 Å². The number of hydrogen-bond donors (Lipinski definition) is 1. The Morgan fingerprint density at radius 2 is 2.13 bits per heavy atom. The van der Waals surface area contributed by atoms with Crippen molar-refractivity contribution in [2.75, 3.05) is 13.1 Å². The lowest BCUT2D eigenvalue weighted by Gasteiger charge is -2.10. The molecule has 4 heteroatoms. The number of carbonyl (C=O) groups excluding carboxylic acids is 1. The second-order valence-electron chi connectivity index (χ2n) is 3.60. The van der Waals surface area contributed by atoms with Crippen LogP contribution in [0, 0.1) is 0 Å². The highest BCUT2D eigenvalue weighted by Gasteiger charge is 2.18. The Balaban J connectivity index is 1.98. The lowest BCUT2D eigenvalue weighted by molar-refractivity contribution is 0.0940. The van der Waals surface area contributed by atoms with Gasteiger partial charge in [-0.2, -0.15) is 0 Å². The summed E-state index contributed by atoms with van der Waals surface area (Å²) < 4.78 is 0. The number of halogens is 1. The Labute approximate surface area is 93.8 Å². The molecule has 1 aliphatic heterocycles. The summed E-state index contributed by atoms with van der Waals surface area (Å²) in [6.07, 6.45) is 0.944. The summed E-state index contributed by atoms with van der Waals surface area (Å²) >= 11 is 5.74. The van der Waals surface area contributed by atoms with Gasteiger partial charge in [0.25, 0.3) is 5.91 Å². The summed E-state index contributed by atoms with van der Waals surface area (Å²) in [5, 5.41) is 7.77. The Bertz CT molecular complexity index is 344. The minimum absolute atomic E-state index is 0.0474. The van der Waals surface area contributed by atoms with Crippen LogP contribution in [0.5, 0.6) is 0 Å². The van der Waals surface area contributed by atoms with E-state index in [1.54, 1.807) is 24.3 Å². The smallest absolute Gasteiger partial charge is 0.251 e. The van der Waals surface area contributed by atoms with Gasteiger partial charge in [-0.1, -0.05) is 11.6 Å². The highest BCUT2D eigenvalue weighted by Crippen LogP contribution is 2.10. The molecule has 1 saturated heterocycles. The van der Waals surface area contributed by atoms with E-state index >= 15 is 0 Å². The summed E-state index contributed by atoms with van der Waals surface area (Å²) in [6.45, 7) is 1.59. The third-order valence-electron chi connectivity index (χ3n) is 2.43. The molecule has 0 aliphatic carbocycles. The number of amides is 1. The maximum atomic E-state index is 11.7. The van der Waals surface area contributed by atoms with Gasteiger partial charge in [0.2, 0.25) is 0 Å². The lowest BCUT2D eigenvalue weighted by Crippen LogP contribution is -2.35. The van der Waals surface area contributed by atoms with E-state index in [4.69, 9.17) is 11.6 Å². The van der Waals surface area contributed by atoms with Gasteiger partial charge in [-0.3, -0.25) is 4.79 Å². The molecule has 1 radical (unpaired) electrons. The molecule has 1 heterocycles. The van der Waals surface area contributed by atoms with Crippen LogP contribution < -0.4 is 10.6 Å². The molecule has 0 aromatic heterocycles. The molecule has 79 valence electrons. The first-order chi connectivity index (χ1) is 7.25. The van der Waals surface area contributed by atoms with Gasteiger partial charge < -0.3 is 5.32 Å². The van der Waals surface area contributed by atoms with E-state index in [1.165, 1.54) is 0 Å². The largest absolute Gasteiger partial charge is 0.348 e. The number of nitrogens with one attached hydrogen (secondary N) is 1. The third-order valence-corrected chi connectivity index (χ3v) is 2.68. The van der Waals surface area contributed by atoms with E-state index in [1.807, 2.05) is 0 Å². The fraction of sp³-hybridized carbons (Fsp3) is 0.364. The van der Waals surface area contributed by atoms with Crippen LogP contribution >= 0.6 is 11.6 Å². The van der Waals surface area contributed by atoms with Gasteiger partial charge in [-0.25, -0.2) is 5.32 Å². The molecule has 1 fully saturated rings. The minimum atomic E-state index is -0.0474. The van der Waals surface area contributed by atoms with Crippen molar-refractivity contribution in [2.24, 2.45) is 0 Å². The molecular weight excluding hydrogens is 212 g/mol. The molecule has 0 bridgehead atoms. The van der Waals surface area contributed by atoms with Crippen molar-refractivity contribution in [3.05, 3.63) is 34.9 Å². The Hall–Kier alpha value is -1.06. The van der Waals surface area contributed by atoms with Gasteiger partial charge in [0.05, 0.1) is 0 Å². The molecule has 1 aliphatic rings. The lowest BCUT2D eigenvalue weighted by atomic mass is 10.2. The molecule has 1 atom stereocenters. The average molecular weight is 224 g/mol. The first-order valence-electron chi connectivity index (χ1n) is 4.95. The van der Waals surface area contributed by atoms with Crippen LogP contribution in [0.1, 0.15) is 16.8 Å². The maximum absolute atomic E-state index is 11.7.